The quantitative estimate of drug-likeness (QED) is 0.671. The molecule has 2 rings (SSSR count). The summed E-state index contributed by atoms with van der Waals surface area (Å²) in [5, 5.41) is 2.03. The van der Waals surface area contributed by atoms with Crippen LogP contribution >= 0.6 is 0 Å². The van der Waals surface area contributed by atoms with Crippen LogP contribution in [0.25, 0.3) is 10.8 Å². The molecule has 1 aromatic heterocycles. The average Bonchev–Trinajstić information content (AvgIpc) is 2.16. The first-order valence-electron chi connectivity index (χ1n) is 3.98. The maximum Gasteiger partial charge on any atom is 0.128 e. The highest BCUT2D eigenvalue weighted by molar-refractivity contribution is 5.90. The van der Waals surface area contributed by atoms with Crippen molar-refractivity contribution >= 4 is 16.5 Å². The first-order chi connectivity index (χ1) is 6.31. The van der Waals surface area contributed by atoms with Crippen LogP contribution in [-0.4, -0.2) is 12.1 Å². The Hall–Kier alpha value is -1.77. The van der Waals surface area contributed by atoms with Gasteiger partial charge in [-0.05, 0) is 12.1 Å². The minimum atomic E-state index is 0.692. The van der Waals surface area contributed by atoms with Gasteiger partial charge in [0, 0.05) is 34.9 Å². The maximum absolute atomic E-state index is 5.69. The van der Waals surface area contributed by atoms with Crippen molar-refractivity contribution in [2.45, 2.75) is 0 Å². The molecule has 0 saturated carbocycles. The van der Waals surface area contributed by atoms with Gasteiger partial charge in [0.15, 0.2) is 0 Å². The summed E-state index contributed by atoms with van der Waals surface area (Å²) < 4.78 is 5.20. The van der Waals surface area contributed by atoms with Crippen molar-refractivity contribution in [3.8, 4) is 5.75 Å². The first kappa shape index (κ1) is 7.86. The molecule has 0 saturated heterocycles. The van der Waals surface area contributed by atoms with Crippen molar-refractivity contribution in [3.63, 3.8) is 0 Å². The molecule has 0 aliphatic rings. The summed E-state index contributed by atoms with van der Waals surface area (Å²) in [5.74, 6) is 0.789. The minimum Gasteiger partial charge on any atom is -0.496 e. The third-order valence-corrected chi connectivity index (χ3v) is 1.96. The molecule has 66 valence electrons. The third kappa shape index (κ3) is 1.28. The Morgan fingerprint density at radius 2 is 2.23 bits per heavy atom. The Kier molecular flexibility index (Phi) is 1.77. The van der Waals surface area contributed by atoms with Crippen LogP contribution in [0.3, 0.4) is 0 Å². The average molecular weight is 174 g/mol. The summed E-state index contributed by atoms with van der Waals surface area (Å²) in [4.78, 5) is 4.02. The van der Waals surface area contributed by atoms with Crippen LogP contribution in [0.1, 0.15) is 0 Å². The second-order valence-electron chi connectivity index (χ2n) is 2.82. The molecule has 0 aliphatic heterocycles. The predicted molar refractivity (Wildman–Crippen MR) is 52.7 cm³/mol. The predicted octanol–water partition coefficient (Wildman–Crippen LogP) is 1.83. The molecule has 2 N–H and O–H groups in total. The summed E-state index contributed by atoms with van der Waals surface area (Å²) in [6.45, 7) is 0. The first-order valence-corrected chi connectivity index (χ1v) is 3.98. The summed E-state index contributed by atoms with van der Waals surface area (Å²) in [5.41, 5.74) is 6.38. The molecule has 1 aromatic carbocycles. The van der Waals surface area contributed by atoms with Gasteiger partial charge < -0.3 is 10.5 Å². The van der Waals surface area contributed by atoms with Crippen LogP contribution < -0.4 is 10.5 Å². The second-order valence-corrected chi connectivity index (χ2v) is 2.82. The molecule has 3 nitrogen and oxygen atoms in total. The van der Waals surface area contributed by atoms with Gasteiger partial charge in [-0.15, -0.1) is 0 Å². The number of benzene rings is 1. The number of ether oxygens (including phenoxy) is 1. The molecule has 0 aliphatic carbocycles. The number of methoxy groups -OCH3 is 1. The smallest absolute Gasteiger partial charge is 0.128 e. The van der Waals surface area contributed by atoms with E-state index in [2.05, 4.69) is 4.98 Å². The van der Waals surface area contributed by atoms with E-state index in [1.807, 2.05) is 18.2 Å². The van der Waals surface area contributed by atoms with E-state index in [4.69, 9.17) is 10.5 Å². The Morgan fingerprint density at radius 3 is 3.00 bits per heavy atom. The normalized spacial score (nSPS) is 10.2. The lowest BCUT2D eigenvalue weighted by atomic mass is 10.1. The molecular formula is C10H10N2O. The van der Waals surface area contributed by atoms with Gasteiger partial charge in [0.2, 0.25) is 0 Å². The maximum atomic E-state index is 5.69. The highest BCUT2D eigenvalue weighted by Gasteiger charge is 2.01. The molecule has 0 bridgehead atoms. The number of aromatic nitrogens is 1. The molecule has 0 atom stereocenters. The van der Waals surface area contributed by atoms with Crippen LogP contribution in [0.4, 0.5) is 5.69 Å². The fourth-order valence-electron chi connectivity index (χ4n) is 1.37. The van der Waals surface area contributed by atoms with E-state index in [0.717, 1.165) is 16.5 Å². The minimum absolute atomic E-state index is 0.692. The zero-order chi connectivity index (χ0) is 9.26. The zero-order valence-corrected chi connectivity index (χ0v) is 7.32. The molecule has 0 radical (unpaired) electrons. The molecular weight excluding hydrogens is 164 g/mol. The number of nitrogens with zero attached hydrogens (tertiary/aromatic N) is 1. The number of hydrogen-bond acceptors (Lipinski definition) is 3. The molecule has 0 amide bonds. The number of nitrogens with two attached hydrogens (primary N) is 1. The number of anilines is 1. The molecule has 1 heterocycles. The van der Waals surface area contributed by atoms with Gasteiger partial charge in [0.1, 0.15) is 5.75 Å². The van der Waals surface area contributed by atoms with Gasteiger partial charge in [0.25, 0.3) is 0 Å². The lowest BCUT2D eigenvalue weighted by molar-refractivity contribution is 0.420. The van der Waals surface area contributed by atoms with Gasteiger partial charge >= 0.3 is 0 Å². The van der Waals surface area contributed by atoms with E-state index in [-0.39, 0.29) is 0 Å². The lowest BCUT2D eigenvalue weighted by Gasteiger charge is -2.05. The van der Waals surface area contributed by atoms with Crippen molar-refractivity contribution in [2.75, 3.05) is 12.8 Å². The Bertz CT molecular complexity index is 440. The van der Waals surface area contributed by atoms with Crippen LogP contribution in [0, 0.1) is 0 Å². The van der Waals surface area contributed by atoms with E-state index in [1.54, 1.807) is 19.5 Å². The van der Waals surface area contributed by atoms with E-state index < -0.39 is 0 Å². The largest absolute Gasteiger partial charge is 0.496 e. The van der Waals surface area contributed by atoms with Crippen LogP contribution in [-0.2, 0) is 0 Å². The molecule has 0 fully saturated rings. The summed E-state index contributed by atoms with van der Waals surface area (Å²) in [7, 11) is 1.63. The van der Waals surface area contributed by atoms with Crippen molar-refractivity contribution in [2.24, 2.45) is 0 Å². The number of rotatable bonds is 1. The van der Waals surface area contributed by atoms with Gasteiger partial charge in [-0.25, -0.2) is 0 Å². The van der Waals surface area contributed by atoms with Gasteiger partial charge in [-0.1, -0.05) is 0 Å². The number of fused-ring (bicyclic) bond motifs is 1. The van der Waals surface area contributed by atoms with Gasteiger partial charge in [0.05, 0.1) is 7.11 Å². The Balaban J connectivity index is 2.81. The van der Waals surface area contributed by atoms with E-state index >= 15 is 0 Å². The topological polar surface area (TPSA) is 48.1 Å². The SMILES string of the molecule is COc1cc(N)cc2cnccc12. The van der Waals surface area contributed by atoms with Crippen molar-refractivity contribution in [1.29, 1.82) is 0 Å². The Labute approximate surface area is 76.2 Å². The standard InChI is InChI=1S/C10H10N2O/c1-13-10-5-8(11)4-7-6-12-3-2-9(7)10/h2-6H,11H2,1H3. The van der Waals surface area contributed by atoms with Crippen LogP contribution in [0.5, 0.6) is 5.75 Å². The number of pyridine rings is 1. The lowest BCUT2D eigenvalue weighted by Crippen LogP contribution is -1.90. The second kappa shape index (κ2) is 2.94. The monoisotopic (exact) mass is 174 g/mol. The highest BCUT2D eigenvalue weighted by atomic mass is 16.5. The van der Waals surface area contributed by atoms with Crippen LogP contribution in [0.15, 0.2) is 30.6 Å². The summed E-state index contributed by atoms with van der Waals surface area (Å²) in [6.07, 6.45) is 3.51. The van der Waals surface area contributed by atoms with Gasteiger partial charge in [-0.2, -0.15) is 0 Å². The van der Waals surface area contributed by atoms with E-state index in [9.17, 15) is 0 Å². The fourth-order valence-corrected chi connectivity index (χ4v) is 1.37. The fraction of sp³-hybridized carbons (Fsp3) is 0.100. The van der Waals surface area contributed by atoms with Crippen molar-refractivity contribution in [3.05, 3.63) is 30.6 Å². The highest BCUT2D eigenvalue weighted by Crippen LogP contribution is 2.27. The van der Waals surface area contributed by atoms with Crippen molar-refractivity contribution in [1.82, 2.24) is 4.98 Å². The molecule has 0 spiro atoms. The molecule has 2 aromatic rings. The summed E-state index contributed by atoms with van der Waals surface area (Å²) >= 11 is 0. The van der Waals surface area contributed by atoms with Crippen molar-refractivity contribution < 1.29 is 4.74 Å². The van der Waals surface area contributed by atoms with Gasteiger partial charge in [-0.3, -0.25) is 4.98 Å². The molecule has 3 heteroatoms. The van der Waals surface area contributed by atoms with Crippen LogP contribution in [0.2, 0.25) is 0 Å². The number of hydrogen-bond donors (Lipinski definition) is 1. The number of nitrogen functional groups attached to an aromatic ring is 1. The molecule has 0 unspecified atom stereocenters. The van der Waals surface area contributed by atoms with E-state index in [1.165, 1.54) is 0 Å². The summed E-state index contributed by atoms with van der Waals surface area (Å²) in [6, 6.07) is 5.60. The zero-order valence-electron chi connectivity index (χ0n) is 7.32. The Morgan fingerprint density at radius 1 is 1.38 bits per heavy atom. The third-order valence-electron chi connectivity index (χ3n) is 1.96. The molecule has 13 heavy (non-hydrogen) atoms. The van der Waals surface area contributed by atoms with E-state index in [0.29, 0.717) is 5.69 Å².